The molecule has 0 radical (unpaired) electrons. The minimum absolute atomic E-state index is 0.162. The van der Waals surface area contributed by atoms with Crippen LogP contribution in [0.1, 0.15) is 16.8 Å². The molecule has 1 atom stereocenters. The fraction of sp³-hybridized carbons (Fsp3) is 0.421. The Bertz CT molecular complexity index is 827. The van der Waals surface area contributed by atoms with Crippen LogP contribution in [0.25, 0.3) is 0 Å². The van der Waals surface area contributed by atoms with Crippen molar-refractivity contribution in [1.29, 1.82) is 0 Å². The normalized spacial score (nSPS) is 15.9. The zero-order chi connectivity index (χ0) is 20.1. The summed E-state index contributed by atoms with van der Waals surface area (Å²) in [5.41, 5.74) is 0.407. The number of benzene rings is 1. The first kappa shape index (κ1) is 19.5. The molecule has 1 saturated heterocycles. The van der Waals surface area contributed by atoms with Crippen molar-refractivity contribution in [1.82, 2.24) is 15.1 Å². The smallest absolute Gasteiger partial charge is 0.257 e. The first-order chi connectivity index (χ1) is 13.6. The molecule has 150 valence electrons. The predicted octanol–water partition coefficient (Wildman–Crippen LogP) is 1.80. The number of hydrogen-bond acceptors (Lipinski definition) is 8. The second-order valence-corrected chi connectivity index (χ2v) is 6.08. The van der Waals surface area contributed by atoms with Gasteiger partial charge in [-0.15, -0.1) is 10.2 Å². The lowest BCUT2D eigenvalue weighted by Crippen LogP contribution is -2.31. The summed E-state index contributed by atoms with van der Waals surface area (Å²) in [6.45, 7) is 0.995. The van der Waals surface area contributed by atoms with Crippen molar-refractivity contribution < 1.29 is 28.5 Å². The topological polar surface area (TPSA) is 92.2 Å². The molecule has 0 saturated carbocycles. The summed E-state index contributed by atoms with van der Waals surface area (Å²) in [4.78, 5) is 14.7. The maximum Gasteiger partial charge on any atom is 0.257 e. The van der Waals surface area contributed by atoms with Gasteiger partial charge in [-0.25, -0.2) is 0 Å². The number of carbonyl (C=O) groups excluding carboxylic acids is 1. The van der Waals surface area contributed by atoms with E-state index in [2.05, 4.69) is 10.2 Å². The van der Waals surface area contributed by atoms with Crippen LogP contribution in [0, 0.1) is 0 Å². The Morgan fingerprint density at radius 2 is 1.64 bits per heavy atom. The van der Waals surface area contributed by atoms with E-state index in [0.29, 0.717) is 54.1 Å². The molecule has 1 aromatic heterocycles. The summed E-state index contributed by atoms with van der Waals surface area (Å²) < 4.78 is 26.9. The third kappa shape index (κ3) is 3.88. The maximum absolute atomic E-state index is 13.0. The molecule has 1 fully saturated rings. The van der Waals surface area contributed by atoms with Crippen molar-refractivity contribution in [2.75, 3.05) is 41.5 Å². The first-order valence-electron chi connectivity index (χ1n) is 8.73. The van der Waals surface area contributed by atoms with E-state index in [1.807, 2.05) is 0 Å². The van der Waals surface area contributed by atoms with E-state index in [-0.39, 0.29) is 12.0 Å². The highest BCUT2D eigenvalue weighted by atomic mass is 16.5. The molecular formula is C19H23N3O6. The summed E-state index contributed by atoms with van der Waals surface area (Å²) in [5, 5.41) is 7.84. The number of aromatic nitrogens is 2. The summed E-state index contributed by atoms with van der Waals surface area (Å²) in [6.07, 6.45) is 0.521. The van der Waals surface area contributed by atoms with Gasteiger partial charge in [0.25, 0.3) is 5.91 Å². The van der Waals surface area contributed by atoms with E-state index in [9.17, 15) is 4.79 Å². The van der Waals surface area contributed by atoms with Gasteiger partial charge in [0.2, 0.25) is 17.5 Å². The molecule has 9 heteroatoms. The van der Waals surface area contributed by atoms with Crippen LogP contribution in [0.4, 0.5) is 0 Å². The van der Waals surface area contributed by atoms with Gasteiger partial charge in [0, 0.05) is 25.1 Å². The Labute approximate surface area is 163 Å². The lowest BCUT2D eigenvalue weighted by molar-refractivity contribution is 0.0766. The van der Waals surface area contributed by atoms with Gasteiger partial charge in [0.1, 0.15) is 6.10 Å². The van der Waals surface area contributed by atoms with Gasteiger partial charge in [0.15, 0.2) is 11.5 Å². The molecule has 28 heavy (non-hydrogen) atoms. The van der Waals surface area contributed by atoms with Gasteiger partial charge in [-0.3, -0.25) is 4.79 Å². The third-order valence-corrected chi connectivity index (χ3v) is 4.48. The molecule has 1 amide bonds. The van der Waals surface area contributed by atoms with Crippen molar-refractivity contribution in [3.8, 4) is 29.0 Å². The Morgan fingerprint density at radius 3 is 2.25 bits per heavy atom. The molecule has 1 unspecified atom stereocenters. The van der Waals surface area contributed by atoms with Gasteiger partial charge in [0.05, 0.1) is 40.5 Å². The number of carbonyl (C=O) groups is 1. The van der Waals surface area contributed by atoms with Crippen molar-refractivity contribution >= 4 is 5.91 Å². The Hall–Kier alpha value is -3.23. The van der Waals surface area contributed by atoms with E-state index < -0.39 is 0 Å². The molecular weight excluding hydrogens is 366 g/mol. The van der Waals surface area contributed by atoms with Crippen molar-refractivity contribution in [3.63, 3.8) is 0 Å². The molecule has 0 aliphatic carbocycles. The van der Waals surface area contributed by atoms with Crippen LogP contribution in [-0.4, -0.2) is 68.6 Å². The summed E-state index contributed by atoms with van der Waals surface area (Å²) >= 11 is 0. The molecule has 0 bridgehead atoms. The average molecular weight is 389 g/mol. The molecule has 3 rings (SSSR count). The van der Waals surface area contributed by atoms with Gasteiger partial charge < -0.3 is 28.6 Å². The molecule has 0 N–H and O–H groups in total. The van der Waals surface area contributed by atoms with E-state index in [1.165, 1.54) is 28.4 Å². The van der Waals surface area contributed by atoms with Crippen molar-refractivity contribution in [3.05, 3.63) is 29.8 Å². The van der Waals surface area contributed by atoms with E-state index >= 15 is 0 Å². The second kappa shape index (κ2) is 8.64. The minimum atomic E-state index is -0.169. The predicted molar refractivity (Wildman–Crippen MR) is 99.6 cm³/mol. The molecule has 1 aromatic carbocycles. The van der Waals surface area contributed by atoms with E-state index in [4.69, 9.17) is 23.7 Å². The molecule has 9 nitrogen and oxygen atoms in total. The van der Waals surface area contributed by atoms with Crippen LogP contribution in [-0.2, 0) is 0 Å². The Kier molecular flexibility index (Phi) is 6.03. The lowest BCUT2D eigenvalue weighted by atomic mass is 10.1. The number of rotatable bonds is 7. The van der Waals surface area contributed by atoms with Gasteiger partial charge in [-0.1, -0.05) is 0 Å². The fourth-order valence-electron chi connectivity index (χ4n) is 3.10. The lowest BCUT2D eigenvalue weighted by Gasteiger charge is -2.20. The van der Waals surface area contributed by atoms with Crippen LogP contribution >= 0.6 is 0 Å². The number of likely N-dealkylation sites (tertiary alicyclic amines) is 1. The van der Waals surface area contributed by atoms with E-state index in [1.54, 1.807) is 29.2 Å². The van der Waals surface area contributed by atoms with Crippen LogP contribution in [0.5, 0.6) is 29.0 Å². The number of methoxy groups -OCH3 is 4. The number of amides is 1. The monoisotopic (exact) mass is 389 g/mol. The summed E-state index contributed by atoms with van der Waals surface area (Å²) in [5.74, 6) is 1.87. The molecule has 2 heterocycles. The number of nitrogens with zero attached hydrogens (tertiary/aromatic N) is 3. The number of ether oxygens (including phenoxy) is 5. The summed E-state index contributed by atoms with van der Waals surface area (Å²) in [6, 6.07) is 6.72. The van der Waals surface area contributed by atoms with Gasteiger partial charge >= 0.3 is 0 Å². The van der Waals surface area contributed by atoms with Gasteiger partial charge in [-0.2, -0.15) is 0 Å². The zero-order valence-corrected chi connectivity index (χ0v) is 16.3. The molecule has 0 spiro atoms. The van der Waals surface area contributed by atoms with Gasteiger partial charge in [-0.05, 0) is 12.1 Å². The fourth-order valence-corrected chi connectivity index (χ4v) is 3.10. The highest BCUT2D eigenvalue weighted by Crippen LogP contribution is 2.40. The largest absolute Gasteiger partial charge is 0.493 e. The zero-order valence-electron chi connectivity index (χ0n) is 16.3. The summed E-state index contributed by atoms with van der Waals surface area (Å²) in [7, 11) is 6.05. The Morgan fingerprint density at radius 1 is 0.929 bits per heavy atom. The quantitative estimate of drug-likeness (QED) is 0.708. The SMILES string of the molecule is COc1ccc(OC2CCN(C(=O)c3ccc(OC)c(OC)c3OC)C2)nn1. The maximum atomic E-state index is 13.0. The van der Waals surface area contributed by atoms with Crippen LogP contribution in [0.15, 0.2) is 24.3 Å². The second-order valence-electron chi connectivity index (χ2n) is 6.08. The standard InChI is InChI=1S/C19H23N3O6/c1-24-14-6-5-13(17(26-3)18(14)27-4)19(23)22-10-9-12(11-22)28-16-8-7-15(25-2)20-21-16/h5-8,12H,9-11H2,1-4H3. The highest BCUT2D eigenvalue weighted by molar-refractivity contribution is 5.98. The molecule has 1 aliphatic rings. The third-order valence-electron chi connectivity index (χ3n) is 4.48. The molecule has 1 aliphatic heterocycles. The average Bonchev–Trinajstić information content (AvgIpc) is 3.20. The van der Waals surface area contributed by atoms with E-state index in [0.717, 1.165) is 0 Å². The molecule has 2 aromatic rings. The Balaban J connectivity index is 1.72. The van der Waals surface area contributed by atoms with Crippen LogP contribution in [0.3, 0.4) is 0 Å². The number of hydrogen-bond donors (Lipinski definition) is 0. The highest BCUT2D eigenvalue weighted by Gasteiger charge is 2.31. The minimum Gasteiger partial charge on any atom is -0.493 e. The van der Waals surface area contributed by atoms with Crippen molar-refractivity contribution in [2.24, 2.45) is 0 Å². The first-order valence-corrected chi connectivity index (χ1v) is 8.73. The van der Waals surface area contributed by atoms with Crippen LogP contribution < -0.4 is 23.7 Å². The van der Waals surface area contributed by atoms with Crippen molar-refractivity contribution in [2.45, 2.75) is 12.5 Å². The van der Waals surface area contributed by atoms with Crippen LogP contribution in [0.2, 0.25) is 0 Å².